The van der Waals surface area contributed by atoms with Crippen LogP contribution in [0.1, 0.15) is 56.0 Å². The second-order valence-electron chi connectivity index (χ2n) is 8.35. The van der Waals surface area contributed by atoms with Crippen molar-refractivity contribution >= 4 is 23.4 Å². The number of benzene rings is 2. The maximum atomic E-state index is 12.6. The van der Waals surface area contributed by atoms with Crippen LogP contribution in [0.25, 0.3) is 0 Å². The fourth-order valence-corrected chi connectivity index (χ4v) is 3.74. The first-order valence-electron chi connectivity index (χ1n) is 11.0. The van der Waals surface area contributed by atoms with Crippen molar-refractivity contribution in [1.29, 1.82) is 0 Å². The first-order valence-corrected chi connectivity index (χ1v) is 11.4. The van der Waals surface area contributed by atoms with Gasteiger partial charge in [-0.25, -0.2) is 4.79 Å². The highest BCUT2D eigenvalue weighted by molar-refractivity contribution is 6.30. The van der Waals surface area contributed by atoms with Crippen molar-refractivity contribution in [2.75, 3.05) is 13.3 Å². The molecule has 0 N–H and O–H groups in total. The molecular weight excluding hydrogens is 462 g/mol. The number of halogens is 1. The van der Waals surface area contributed by atoms with E-state index >= 15 is 0 Å². The molecule has 0 aliphatic carbocycles. The first kappa shape index (κ1) is 25.3. The molecule has 1 heterocycles. The van der Waals surface area contributed by atoms with E-state index in [0.717, 1.165) is 19.3 Å². The number of ether oxygens (including phenoxy) is 2. The van der Waals surface area contributed by atoms with E-state index in [4.69, 9.17) is 25.9 Å². The maximum Gasteiger partial charge on any atom is 0.352 e. The summed E-state index contributed by atoms with van der Waals surface area (Å²) in [6.07, 6.45) is 2.69. The highest BCUT2D eigenvalue weighted by Crippen LogP contribution is 2.22. The van der Waals surface area contributed by atoms with E-state index in [0.29, 0.717) is 33.4 Å². The zero-order valence-corrected chi connectivity index (χ0v) is 20.2. The van der Waals surface area contributed by atoms with Gasteiger partial charge in [-0.1, -0.05) is 18.5 Å². The van der Waals surface area contributed by atoms with E-state index < -0.39 is 18.4 Å². The number of esters is 1. The summed E-state index contributed by atoms with van der Waals surface area (Å²) in [7, 11) is 0. The third-order valence-electron chi connectivity index (χ3n) is 5.49. The Balaban J connectivity index is 1.50. The van der Waals surface area contributed by atoms with E-state index in [2.05, 4.69) is 5.28 Å². The molecule has 1 fully saturated rings. The molecule has 10 heteroatoms. The lowest BCUT2D eigenvalue weighted by Gasteiger charge is -2.24. The van der Waals surface area contributed by atoms with Crippen LogP contribution in [0.4, 0.5) is 0 Å². The number of ketones is 1. The van der Waals surface area contributed by atoms with Gasteiger partial charge in [-0.05, 0) is 81.6 Å². The minimum absolute atomic E-state index is 0.132. The van der Waals surface area contributed by atoms with Gasteiger partial charge >= 0.3 is 5.97 Å². The van der Waals surface area contributed by atoms with Crippen LogP contribution in [0.3, 0.4) is 0 Å². The van der Waals surface area contributed by atoms with Crippen LogP contribution < -0.4 is 4.74 Å². The van der Waals surface area contributed by atoms with Crippen molar-refractivity contribution in [2.24, 2.45) is 5.28 Å². The summed E-state index contributed by atoms with van der Waals surface area (Å²) in [6, 6.07) is 13.2. The Kier molecular flexibility index (Phi) is 8.33. The Labute approximate surface area is 203 Å². The summed E-state index contributed by atoms with van der Waals surface area (Å²) in [5, 5.41) is 17.6. The van der Waals surface area contributed by atoms with Crippen LogP contribution in [0, 0.1) is 5.21 Å². The number of carbonyl (C=O) groups excluding carboxylic acids is 2. The molecular formula is C24H28ClN3O6. The van der Waals surface area contributed by atoms with Crippen molar-refractivity contribution in [3.05, 3.63) is 69.9 Å². The van der Waals surface area contributed by atoms with Gasteiger partial charge < -0.3 is 19.5 Å². The number of hydrogen-bond donors (Lipinski definition) is 0. The van der Waals surface area contributed by atoms with Gasteiger partial charge in [0.15, 0.2) is 11.4 Å². The number of rotatable bonds is 10. The molecule has 0 saturated carbocycles. The van der Waals surface area contributed by atoms with E-state index in [1.807, 2.05) is 6.92 Å². The van der Waals surface area contributed by atoms with E-state index in [1.54, 1.807) is 53.5 Å². The van der Waals surface area contributed by atoms with Crippen molar-refractivity contribution in [3.8, 4) is 5.75 Å². The van der Waals surface area contributed by atoms with Crippen LogP contribution in [0.15, 0.2) is 53.8 Å². The summed E-state index contributed by atoms with van der Waals surface area (Å²) in [5.41, 5.74) is -0.362. The molecule has 0 radical (unpaired) electrons. The van der Waals surface area contributed by atoms with Gasteiger partial charge in [0.05, 0.1) is 17.6 Å². The summed E-state index contributed by atoms with van der Waals surface area (Å²) in [6.45, 7) is 5.17. The Bertz CT molecular complexity index is 1020. The van der Waals surface area contributed by atoms with Gasteiger partial charge in [-0.2, -0.15) is 0 Å². The zero-order chi connectivity index (χ0) is 24.7. The van der Waals surface area contributed by atoms with E-state index in [-0.39, 0.29) is 11.8 Å². The number of nitrogens with zero attached hydrogens (tertiary/aromatic N) is 3. The predicted molar refractivity (Wildman–Crippen MR) is 124 cm³/mol. The third kappa shape index (κ3) is 6.38. The van der Waals surface area contributed by atoms with Crippen molar-refractivity contribution in [2.45, 2.75) is 51.7 Å². The summed E-state index contributed by atoms with van der Waals surface area (Å²) in [4.78, 5) is 30.3. The lowest BCUT2D eigenvalue weighted by atomic mass is 10.0. The Hall–Kier alpha value is -3.33. The molecule has 0 amide bonds. The number of hydrogen-bond acceptors (Lipinski definition) is 7. The Morgan fingerprint density at radius 2 is 1.76 bits per heavy atom. The standard InChI is InChI=1S/C24H28ClN3O6/c1-4-20-6-5-15-27(20)28(31)26-33-16-32-23(30)24(2,3)34-21-13-9-18(10-14-21)22(29)17-7-11-19(25)12-8-17/h7-14,20H,4-6,15-16H2,1-3H3/b28-26-/t20-/m1/s1. The molecule has 2 aromatic rings. The number of hydrazine groups is 1. The quantitative estimate of drug-likeness (QED) is 0.0887. The second kappa shape index (κ2) is 11.2. The van der Waals surface area contributed by atoms with Gasteiger partial charge in [0, 0.05) is 16.1 Å². The molecule has 3 rings (SSSR count). The smallest absolute Gasteiger partial charge is 0.352 e. The normalized spacial score (nSPS) is 16.3. The van der Waals surface area contributed by atoms with Crippen LogP contribution >= 0.6 is 11.6 Å². The van der Waals surface area contributed by atoms with Crippen molar-refractivity contribution < 1.29 is 28.9 Å². The third-order valence-corrected chi connectivity index (χ3v) is 5.75. The minimum atomic E-state index is -1.34. The first-order chi connectivity index (χ1) is 16.2. The zero-order valence-electron chi connectivity index (χ0n) is 19.4. The maximum absolute atomic E-state index is 12.6. The highest BCUT2D eigenvalue weighted by Gasteiger charge is 2.33. The molecule has 1 atom stereocenters. The minimum Gasteiger partial charge on any atom is -0.569 e. The fraction of sp³-hybridized carbons (Fsp3) is 0.417. The second-order valence-corrected chi connectivity index (χ2v) is 8.79. The highest BCUT2D eigenvalue weighted by atomic mass is 35.5. The molecule has 1 saturated heterocycles. The molecule has 34 heavy (non-hydrogen) atoms. The SMILES string of the molecule is CC[C@@H]1CCCN1/[N+]([O-])=N/OCOC(=O)C(C)(C)Oc1ccc(C(=O)c2ccc(Cl)cc2)cc1. The molecule has 0 unspecified atom stereocenters. The summed E-state index contributed by atoms with van der Waals surface area (Å²) >= 11 is 5.86. The van der Waals surface area contributed by atoms with Gasteiger partial charge in [0.2, 0.25) is 5.28 Å². The van der Waals surface area contributed by atoms with Gasteiger partial charge in [0.1, 0.15) is 5.75 Å². The summed E-state index contributed by atoms with van der Waals surface area (Å²) in [5.74, 6) is -0.478. The average Bonchev–Trinajstić information content (AvgIpc) is 3.31. The van der Waals surface area contributed by atoms with Crippen LogP contribution in [-0.2, 0) is 14.4 Å². The lowest BCUT2D eigenvalue weighted by Crippen LogP contribution is -2.40. The number of carbonyl (C=O) groups is 2. The fourth-order valence-electron chi connectivity index (χ4n) is 3.61. The average molecular weight is 490 g/mol. The molecule has 1 aliphatic rings. The van der Waals surface area contributed by atoms with Crippen molar-refractivity contribution in [1.82, 2.24) is 5.01 Å². The summed E-state index contributed by atoms with van der Waals surface area (Å²) < 4.78 is 10.8. The van der Waals surface area contributed by atoms with Crippen LogP contribution in [0.5, 0.6) is 5.75 Å². The van der Waals surface area contributed by atoms with Gasteiger partial charge in [-0.3, -0.25) is 4.79 Å². The molecule has 2 aromatic carbocycles. The largest absolute Gasteiger partial charge is 0.569 e. The monoisotopic (exact) mass is 489 g/mol. The predicted octanol–water partition coefficient (Wildman–Crippen LogP) is 4.91. The Morgan fingerprint density at radius 3 is 2.38 bits per heavy atom. The van der Waals surface area contributed by atoms with E-state index in [9.17, 15) is 14.8 Å². The molecule has 0 bridgehead atoms. The molecule has 182 valence electrons. The molecule has 9 nitrogen and oxygen atoms in total. The van der Waals surface area contributed by atoms with Crippen LogP contribution in [0.2, 0.25) is 5.02 Å². The lowest BCUT2D eigenvalue weighted by molar-refractivity contribution is -0.715. The van der Waals surface area contributed by atoms with Gasteiger partial charge in [-0.15, -0.1) is 5.01 Å². The molecule has 0 aromatic heterocycles. The van der Waals surface area contributed by atoms with Crippen LogP contribution in [-0.4, -0.2) is 46.7 Å². The van der Waals surface area contributed by atoms with Crippen molar-refractivity contribution in [3.63, 3.8) is 0 Å². The molecule has 0 spiro atoms. The van der Waals surface area contributed by atoms with E-state index in [1.165, 1.54) is 13.8 Å². The van der Waals surface area contributed by atoms with Gasteiger partial charge in [0.25, 0.3) is 6.79 Å². The molecule has 1 aliphatic heterocycles. The Morgan fingerprint density at radius 1 is 1.15 bits per heavy atom. The topological polar surface area (TPSA) is 104 Å².